The van der Waals surface area contributed by atoms with E-state index in [1.165, 1.54) is 0 Å². The molecule has 0 saturated carbocycles. The SMILES string of the molecule is CC(C)(C)N1CCc2cc(F)c(Br)cc2S1. The Morgan fingerprint density at radius 1 is 1.38 bits per heavy atom. The topological polar surface area (TPSA) is 3.24 Å². The molecule has 0 fully saturated rings. The zero-order chi connectivity index (χ0) is 11.9. The maximum Gasteiger partial charge on any atom is 0.137 e. The van der Waals surface area contributed by atoms with Gasteiger partial charge >= 0.3 is 0 Å². The highest BCUT2D eigenvalue weighted by molar-refractivity contribution is 9.10. The van der Waals surface area contributed by atoms with E-state index in [4.69, 9.17) is 0 Å². The van der Waals surface area contributed by atoms with Crippen LogP contribution in [0.3, 0.4) is 0 Å². The predicted octanol–water partition coefficient (Wildman–Crippen LogP) is 4.25. The van der Waals surface area contributed by atoms with Crippen molar-refractivity contribution < 1.29 is 4.39 Å². The Labute approximate surface area is 109 Å². The zero-order valence-electron chi connectivity index (χ0n) is 9.68. The average Bonchev–Trinajstić information content (AvgIpc) is 2.17. The molecule has 16 heavy (non-hydrogen) atoms. The van der Waals surface area contributed by atoms with E-state index < -0.39 is 0 Å². The van der Waals surface area contributed by atoms with Crippen molar-refractivity contribution in [2.75, 3.05) is 6.54 Å². The number of hydrogen-bond acceptors (Lipinski definition) is 2. The molecule has 0 unspecified atom stereocenters. The molecular formula is C12H15BrFNS. The van der Waals surface area contributed by atoms with E-state index in [2.05, 4.69) is 41.0 Å². The fourth-order valence-corrected chi connectivity index (χ4v) is 3.35. The summed E-state index contributed by atoms with van der Waals surface area (Å²) in [6.45, 7) is 7.57. The minimum Gasteiger partial charge on any atom is -0.241 e. The number of fused-ring (bicyclic) bond motifs is 1. The fourth-order valence-electron chi connectivity index (χ4n) is 1.71. The lowest BCUT2D eigenvalue weighted by molar-refractivity contribution is 0.271. The van der Waals surface area contributed by atoms with Gasteiger partial charge in [0.25, 0.3) is 0 Å². The second-order valence-electron chi connectivity index (χ2n) is 4.99. The highest BCUT2D eigenvalue weighted by atomic mass is 79.9. The highest BCUT2D eigenvalue weighted by Crippen LogP contribution is 2.38. The first-order chi connectivity index (χ1) is 7.38. The number of nitrogens with zero attached hydrogens (tertiary/aromatic N) is 1. The van der Waals surface area contributed by atoms with Crippen molar-refractivity contribution in [2.45, 2.75) is 37.6 Å². The van der Waals surface area contributed by atoms with Crippen LogP contribution >= 0.6 is 27.9 Å². The van der Waals surface area contributed by atoms with E-state index in [1.807, 2.05) is 6.07 Å². The van der Waals surface area contributed by atoms with Crippen molar-refractivity contribution in [3.8, 4) is 0 Å². The van der Waals surface area contributed by atoms with E-state index in [1.54, 1.807) is 18.0 Å². The third kappa shape index (κ3) is 2.44. The van der Waals surface area contributed by atoms with Crippen molar-refractivity contribution in [3.63, 3.8) is 0 Å². The highest BCUT2D eigenvalue weighted by Gasteiger charge is 2.27. The van der Waals surface area contributed by atoms with Crippen LogP contribution in [0.2, 0.25) is 0 Å². The third-order valence-corrected chi connectivity index (χ3v) is 4.78. The maximum atomic E-state index is 13.4. The van der Waals surface area contributed by atoms with E-state index in [9.17, 15) is 4.39 Å². The first kappa shape index (κ1) is 12.4. The van der Waals surface area contributed by atoms with Gasteiger partial charge in [-0.2, -0.15) is 0 Å². The van der Waals surface area contributed by atoms with Gasteiger partial charge in [0.2, 0.25) is 0 Å². The van der Waals surface area contributed by atoms with E-state index in [-0.39, 0.29) is 11.4 Å². The Balaban J connectivity index is 2.31. The van der Waals surface area contributed by atoms with Crippen molar-refractivity contribution in [1.82, 2.24) is 4.31 Å². The van der Waals surface area contributed by atoms with Crippen molar-refractivity contribution in [1.29, 1.82) is 0 Å². The molecule has 1 aromatic carbocycles. The minimum absolute atomic E-state index is 0.142. The number of hydrogen-bond donors (Lipinski definition) is 0. The molecule has 0 spiro atoms. The monoisotopic (exact) mass is 303 g/mol. The molecule has 0 radical (unpaired) electrons. The molecule has 2 rings (SSSR count). The van der Waals surface area contributed by atoms with Crippen LogP contribution in [0.4, 0.5) is 4.39 Å². The molecule has 1 aliphatic heterocycles. The number of benzene rings is 1. The molecule has 4 heteroatoms. The lowest BCUT2D eigenvalue weighted by Crippen LogP contribution is -2.39. The first-order valence-electron chi connectivity index (χ1n) is 5.31. The van der Waals surface area contributed by atoms with Crippen molar-refractivity contribution >= 4 is 27.9 Å². The van der Waals surface area contributed by atoms with Crippen LogP contribution in [0, 0.1) is 5.82 Å². The van der Waals surface area contributed by atoms with E-state index >= 15 is 0 Å². The average molecular weight is 304 g/mol. The quantitative estimate of drug-likeness (QED) is 0.659. The molecule has 0 aromatic heterocycles. The molecule has 0 aliphatic carbocycles. The zero-order valence-corrected chi connectivity index (χ0v) is 12.1. The number of halogens is 2. The van der Waals surface area contributed by atoms with Gasteiger partial charge in [0, 0.05) is 17.0 Å². The van der Waals surface area contributed by atoms with E-state index in [0.717, 1.165) is 23.4 Å². The lowest BCUT2D eigenvalue weighted by atomic mass is 10.1. The molecule has 0 N–H and O–H groups in total. The van der Waals surface area contributed by atoms with Crippen LogP contribution in [0.25, 0.3) is 0 Å². The largest absolute Gasteiger partial charge is 0.241 e. The second-order valence-corrected chi connectivity index (χ2v) is 6.91. The molecule has 1 nitrogen and oxygen atoms in total. The third-order valence-electron chi connectivity index (χ3n) is 2.64. The molecule has 0 bridgehead atoms. The summed E-state index contributed by atoms with van der Waals surface area (Å²) < 4.78 is 16.3. The van der Waals surface area contributed by atoms with Crippen LogP contribution in [-0.4, -0.2) is 16.4 Å². The molecular weight excluding hydrogens is 289 g/mol. The molecule has 1 heterocycles. The van der Waals surface area contributed by atoms with Crippen LogP contribution in [0.15, 0.2) is 21.5 Å². The van der Waals surface area contributed by atoms with Crippen molar-refractivity contribution in [2.24, 2.45) is 0 Å². The molecule has 88 valence electrons. The van der Waals surface area contributed by atoms with Gasteiger partial charge in [-0.25, -0.2) is 8.70 Å². The van der Waals surface area contributed by atoms with Gasteiger partial charge in [0.05, 0.1) is 4.47 Å². The Morgan fingerprint density at radius 3 is 2.69 bits per heavy atom. The van der Waals surface area contributed by atoms with Gasteiger partial charge in [0.15, 0.2) is 0 Å². The molecule has 0 atom stereocenters. The maximum absolute atomic E-state index is 13.4. The Bertz CT molecular complexity index is 414. The van der Waals surface area contributed by atoms with Gasteiger partial charge in [-0.15, -0.1) is 0 Å². The smallest absolute Gasteiger partial charge is 0.137 e. The van der Waals surface area contributed by atoms with E-state index in [0.29, 0.717) is 4.47 Å². The van der Waals surface area contributed by atoms with Gasteiger partial charge in [0.1, 0.15) is 5.82 Å². The molecule has 1 aliphatic rings. The van der Waals surface area contributed by atoms with Crippen LogP contribution in [-0.2, 0) is 6.42 Å². The fraction of sp³-hybridized carbons (Fsp3) is 0.500. The summed E-state index contributed by atoms with van der Waals surface area (Å²) in [4.78, 5) is 1.16. The summed E-state index contributed by atoms with van der Waals surface area (Å²) in [6, 6.07) is 3.53. The Morgan fingerprint density at radius 2 is 2.06 bits per heavy atom. The molecule has 0 amide bonds. The summed E-state index contributed by atoms with van der Waals surface area (Å²) in [5, 5.41) is 0. The second kappa shape index (κ2) is 4.31. The van der Waals surface area contributed by atoms with Crippen LogP contribution in [0.5, 0.6) is 0 Å². The Kier molecular flexibility index (Phi) is 3.34. The normalized spacial score (nSPS) is 17.3. The summed E-state index contributed by atoms with van der Waals surface area (Å²) in [5.41, 5.74) is 1.26. The summed E-state index contributed by atoms with van der Waals surface area (Å²) in [7, 11) is 0. The van der Waals surface area contributed by atoms with Gasteiger partial charge in [-0.1, -0.05) is 0 Å². The van der Waals surface area contributed by atoms with Gasteiger partial charge in [-0.3, -0.25) is 0 Å². The standard InChI is InChI=1S/C12H15BrFNS/c1-12(2,3)15-5-4-8-6-10(14)9(13)7-11(8)16-15/h6-7H,4-5H2,1-3H3. The lowest BCUT2D eigenvalue weighted by Gasteiger charge is -2.37. The van der Waals surface area contributed by atoms with Crippen LogP contribution < -0.4 is 0 Å². The van der Waals surface area contributed by atoms with Gasteiger partial charge in [-0.05, 0) is 72.8 Å². The molecule has 0 saturated heterocycles. The summed E-state index contributed by atoms with van der Waals surface area (Å²) in [5.74, 6) is -0.163. The van der Waals surface area contributed by atoms with Crippen molar-refractivity contribution in [3.05, 3.63) is 28.0 Å². The summed E-state index contributed by atoms with van der Waals surface area (Å²) in [6.07, 6.45) is 0.920. The Hall–Kier alpha value is -0.0600. The van der Waals surface area contributed by atoms with Crippen LogP contribution in [0.1, 0.15) is 26.3 Å². The minimum atomic E-state index is -0.163. The predicted molar refractivity (Wildman–Crippen MR) is 70.1 cm³/mol. The number of rotatable bonds is 0. The van der Waals surface area contributed by atoms with Gasteiger partial charge < -0.3 is 0 Å². The molecule has 1 aromatic rings. The first-order valence-corrected chi connectivity index (χ1v) is 6.88. The summed E-state index contributed by atoms with van der Waals surface area (Å²) >= 11 is 4.96.